The van der Waals surface area contributed by atoms with Crippen LogP contribution in [0.25, 0.3) is 0 Å². The third-order valence-corrected chi connectivity index (χ3v) is 6.72. The maximum atomic E-state index is 13.3. The predicted octanol–water partition coefficient (Wildman–Crippen LogP) is 4.76. The van der Waals surface area contributed by atoms with Crippen molar-refractivity contribution in [3.8, 4) is 0 Å². The molecule has 3 rings (SSSR count). The molecule has 0 saturated carbocycles. The van der Waals surface area contributed by atoms with Crippen LogP contribution in [0.2, 0.25) is 0 Å². The van der Waals surface area contributed by atoms with E-state index in [1.54, 1.807) is 19.9 Å². The van der Waals surface area contributed by atoms with Gasteiger partial charge in [-0.05, 0) is 83.3 Å². The summed E-state index contributed by atoms with van der Waals surface area (Å²) in [5.41, 5.74) is -0.221. The normalized spacial score (nSPS) is 19.3. The van der Waals surface area contributed by atoms with Crippen molar-refractivity contribution in [2.75, 3.05) is 31.5 Å². The quantitative estimate of drug-likeness (QED) is 0.544. The first-order valence-corrected chi connectivity index (χ1v) is 10.7. The molecule has 2 aliphatic rings. The predicted molar refractivity (Wildman–Crippen MR) is 118 cm³/mol. The number of hydrogen-bond acceptors (Lipinski definition) is 4. The molecule has 9 heteroatoms. The van der Waals surface area contributed by atoms with E-state index in [0.29, 0.717) is 25.2 Å². The van der Waals surface area contributed by atoms with E-state index in [-0.39, 0.29) is 17.9 Å². The Balaban J connectivity index is 0.00000341. The molecular formula is C22H33ClF3N3O2. The van der Waals surface area contributed by atoms with E-state index in [1.807, 2.05) is 0 Å². The van der Waals surface area contributed by atoms with Crippen molar-refractivity contribution in [1.29, 1.82) is 0 Å². The minimum atomic E-state index is -4.42. The van der Waals surface area contributed by atoms with E-state index in [0.717, 1.165) is 63.0 Å². The Kier molecular flexibility index (Phi) is 8.27. The number of piperidine rings is 1. The fourth-order valence-corrected chi connectivity index (χ4v) is 4.58. The Labute approximate surface area is 188 Å². The molecule has 1 aromatic rings. The van der Waals surface area contributed by atoms with Crippen molar-refractivity contribution in [3.05, 3.63) is 29.3 Å². The minimum absolute atomic E-state index is 0. The zero-order chi connectivity index (χ0) is 22.0. The fraction of sp³-hybridized carbons (Fsp3) is 0.682. The van der Waals surface area contributed by atoms with E-state index >= 15 is 0 Å². The number of carbonyl (C=O) groups is 1. The summed E-state index contributed by atoms with van der Waals surface area (Å²) in [5.74, 6) is -0.918. The summed E-state index contributed by atoms with van der Waals surface area (Å²) in [7, 11) is 0. The number of carboxylic acid groups (broad SMARTS) is 1. The first-order chi connectivity index (χ1) is 14.0. The summed E-state index contributed by atoms with van der Waals surface area (Å²) < 4.78 is 39.9. The summed E-state index contributed by atoms with van der Waals surface area (Å²) >= 11 is 0. The molecule has 2 aliphatic heterocycles. The number of rotatable bonds is 7. The van der Waals surface area contributed by atoms with Crippen LogP contribution in [0.3, 0.4) is 0 Å². The molecule has 3 N–H and O–H groups in total. The molecule has 0 amide bonds. The van der Waals surface area contributed by atoms with Crippen LogP contribution in [0.4, 0.5) is 18.9 Å². The third-order valence-electron chi connectivity index (χ3n) is 6.72. The second kappa shape index (κ2) is 9.96. The Morgan fingerprint density at radius 1 is 1.23 bits per heavy atom. The number of aliphatic carboxylic acids is 1. The number of benzene rings is 1. The molecule has 176 valence electrons. The maximum Gasteiger partial charge on any atom is 0.416 e. The molecule has 0 unspecified atom stereocenters. The third kappa shape index (κ3) is 6.05. The highest BCUT2D eigenvalue weighted by atomic mass is 35.5. The number of alkyl halides is 3. The maximum absolute atomic E-state index is 13.3. The SMILES string of the molecule is CC(C)(CCNc1cc(C(F)(F)F)ccc1CN1CCCC12CCNCC2)C(=O)O.Cl. The molecule has 1 spiro atoms. The number of halogens is 4. The van der Waals surface area contributed by atoms with E-state index in [2.05, 4.69) is 15.5 Å². The lowest BCUT2D eigenvalue weighted by atomic mass is 9.85. The summed E-state index contributed by atoms with van der Waals surface area (Å²) in [6.07, 6.45) is 0.254. The highest BCUT2D eigenvalue weighted by molar-refractivity contribution is 5.85. The van der Waals surface area contributed by atoms with Gasteiger partial charge in [0.1, 0.15) is 0 Å². The summed E-state index contributed by atoms with van der Waals surface area (Å²) in [5, 5.41) is 15.8. The van der Waals surface area contributed by atoms with Gasteiger partial charge in [-0.1, -0.05) is 6.07 Å². The molecule has 2 saturated heterocycles. The van der Waals surface area contributed by atoms with Crippen LogP contribution < -0.4 is 10.6 Å². The average molecular weight is 464 g/mol. The van der Waals surface area contributed by atoms with Crippen LogP contribution in [0.5, 0.6) is 0 Å². The molecular weight excluding hydrogens is 431 g/mol. The molecule has 0 radical (unpaired) electrons. The van der Waals surface area contributed by atoms with E-state index in [1.165, 1.54) is 0 Å². The molecule has 2 heterocycles. The van der Waals surface area contributed by atoms with Crippen LogP contribution in [-0.2, 0) is 17.5 Å². The van der Waals surface area contributed by atoms with Crippen LogP contribution >= 0.6 is 12.4 Å². The van der Waals surface area contributed by atoms with Crippen molar-refractivity contribution < 1.29 is 23.1 Å². The van der Waals surface area contributed by atoms with Crippen molar-refractivity contribution in [1.82, 2.24) is 10.2 Å². The Morgan fingerprint density at radius 2 is 1.90 bits per heavy atom. The van der Waals surface area contributed by atoms with Gasteiger partial charge in [0.2, 0.25) is 0 Å². The topological polar surface area (TPSA) is 64.6 Å². The molecule has 1 aromatic carbocycles. The minimum Gasteiger partial charge on any atom is -0.481 e. The van der Waals surface area contributed by atoms with Crippen molar-refractivity contribution in [2.24, 2.45) is 5.41 Å². The number of carboxylic acids is 1. The second-order valence-corrected chi connectivity index (χ2v) is 9.23. The summed E-state index contributed by atoms with van der Waals surface area (Å²) in [4.78, 5) is 13.8. The zero-order valence-corrected chi connectivity index (χ0v) is 19.0. The molecule has 31 heavy (non-hydrogen) atoms. The number of likely N-dealkylation sites (tertiary alicyclic amines) is 1. The van der Waals surface area contributed by atoms with Gasteiger partial charge in [-0.15, -0.1) is 12.4 Å². The van der Waals surface area contributed by atoms with Crippen molar-refractivity contribution in [2.45, 2.75) is 64.2 Å². The monoisotopic (exact) mass is 463 g/mol. The van der Waals surface area contributed by atoms with Gasteiger partial charge in [0.05, 0.1) is 11.0 Å². The van der Waals surface area contributed by atoms with Gasteiger partial charge in [-0.3, -0.25) is 9.69 Å². The number of anilines is 1. The molecule has 2 fully saturated rings. The van der Waals surface area contributed by atoms with Crippen LogP contribution in [-0.4, -0.2) is 47.7 Å². The van der Waals surface area contributed by atoms with Gasteiger partial charge >= 0.3 is 12.1 Å². The molecule has 5 nitrogen and oxygen atoms in total. The van der Waals surface area contributed by atoms with Gasteiger partial charge in [-0.2, -0.15) is 13.2 Å². The van der Waals surface area contributed by atoms with Gasteiger partial charge in [0, 0.05) is 24.3 Å². The highest BCUT2D eigenvalue weighted by Crippen LogP contribution is 2.39. The van der Waals surface area contributed by atoms with Crippen LogP contribution in [0, 0.1) is 5.41 Å². The number of nitrogens with zero attached hydrogens (tertiary/aromatic N) is 1. The van der Waals surface area contributed by atoms with Gasteiger partial charge in [0.15, 0.2) is 0 Å². The lowest BCUT2D eigenvalue weighted by Crippen LogP contribution is -2.50. The first-order valence-electron chi connectivity index (χ1n) is 10.7. The molecule has 0 atom stereocenters. The van der Waals surface area contributed by atoms with Gasteiger partial charge in [0.25, 0.3) is 0 Å². The fourth-order valence-electron chi connectivity index (χ4n) is 4.58. The molecule has 0 bridgehead atoms. The first kappa shape index (κ1) is 25.7. The molecule has 0 aliphatic carbocycles. The lowest BCUT2D eigenvalue weighted by molar-refractivity contribution is -0.147. The Morgan fingerprint density at radius 3 is 2.52 bits per heavy atom. The lowest BCUT2D eigenvalue weighted by Gasteiger charge is -2.42. The Bertz CT molecular complexity index is 765. The average Bonchev–Trinajstić information content (AvgIpc) is 3.04. The van der Waals surface area contributed by atoms with E-state index in [9.17, 15) is 23.1 Å². The standard InChI is InChI=1S/C22H32F3N3O2.ClH/c1-20(2,19(29)30)7-12-27-18-14-17(22(23,24)25)5-4-16(18)15-28-13-3-6-21(28)8-10-26-11-9-21;/h4-5,14,26-27H,3,6-13,15H2,1-2H3,(H,29,30);1H. The molecule has 0 aromatic heterocycles. The van der Waals surface area contributed by atoms with Crippen LogP contribution in [0.15, 0.2) is 18.2 Å². The Hall–Kier alpha value is -1.51. The summed E-state index contributed by atoms with van der Waals surface area (Å²) in [6.45, 7) is 7.03. The summed E-state index contributed by atoms with van der Waals surface area (Å²) in [6, 6.07) is 3.88. The number of nitrogens with one attached hydrogen (secondary N) is 2. The van der Waals surface area contributed by atoms with Crippen molar-refractivity contribution in [3.63, 3.8) is 0 Å². The second-order valence-electron chi connectivity index (χ2n) is 9.23. The zero-order valence-electron chi connectivity index (χ0n) is 18.1. The number of hydrogen-bond donors (Lipinski definition) is 3. The van der Waals surface area contributed by atoms with E-state index in [4.69, 9.17) is 0 Å². The van der Waals surface area contributed by atoms with Gasteiger partial charge in [-0.25, -0.2) is 0 Å². The van der Waals surface area contributed by atoms with Crippen molar-refractivity contribution >= 4 is 24.1 Å². The largest absolute Gasteiger partial charge is 0.481 e. The van der Waals surface area contributed by atoms with E-state index < -0.39 is 23.1 Å². The van der Waals surface area contributed by atoms with Crippen LogP contribution in [0.1, 0.15) is 57.1 Å². The highest BCUT2D eigenvalue weighted by Gasteiger charge is 2.41. The smallest absolute Gasteiger partial charge is 0.416 e. The van der Waals surface area contributed by atoms with Gasteiger partial charge < -0.3 is 15.7 Å².